The van der Waals surface area contributed by atoms with Crippen LogP contribution in [0, 0.1) is 0 Å². The number of carbonyl (C=O) groups excluding carboxylic acids is 1. The van der Waals surface area contributed by atoms with Crippen molar-refractivity contribution in [2.75, 3.05) is 6.54 Å². The van der Waals surface area contributed by atoms with E-state index in [4.69, 9.17) is 10.5 Å². The molecule has 1 rings (SSSR count). The molecule has 4 heteroatoms. The molecule has 0 aromatic heterocycles. The molecule has 1 amide bonds. The molecule has 0 aliphatic carbocycles. The van der Waals surface area contributed by atoms with E-state index in [2.05, 4.69) is 18.8 Å². The van der Waals surface area contributed by atoms with Gasteiger partial charge in [0.25, 0.3) is 5.91 Å². The zero-order valence-electron chi connectivity index (χ0n) is 12.3. The van der Waals surface area contributed by atoms with Crippen LogP contribution in [-0.4, -0.2) is 24.6 Å². The third kappa shape index (κ3) is 5.45. The van der Waals surface area contributed by atoms with E-state index in [1.807, 2.05) is 24.3 Å². The molecule has 0 fully saturated rings. The summed E-state index contributed by atoms with van der Waals surface area (Å²) in [6.07, 6.45) is 2.92. The molecule has 0 bridgehead atoms. The molecule has 2 atom stereocenters. The lowest BCUT2D eigenvalue weighted by molar-refractivity contribution is -0.127. The van der Waals surface area contributed by atoms with Gasteiger partial charge in [0.05, 0.1) is 0 Å². The zero-order chi connectivity index (χ0) is 15.0. The van der Waals surface area contributed by atoms with Gasteiger partial charge in [-0.2, -0.15) is 0 Å². The van der Waals surface area contributed by atoms with Gasteiger partial charge in [0.2, 0.25) is 0 Å². The Balaban J connectivity index is 2.52. The Kier molecular flexibility index (Phi) is 6.81. The van der Waals surface area contributed by atoms with Crippen LogP contribution in [0.2, 0.25) is 0 Å². The lowest BCUT2D eigenvalue weighted by Crippen LogP contribution is -2.36. The van der Waals surface area contributed by atoms with Gasteiger partial charge >= 0.3 is 0 Å². The van der Waals surface area contributed by atoms with Crippen LogP contribution in [0.1, 0.15) is 25.8 Å². The standard InChI is InChI=1S/C16H24N2O2/c1-4-10-18-16(19)12(3)20-15-8-6-13(7-9-15)11-14(17)5-2/h4,6-9,12,14H,1,5,10-11,17H2,2-3H3,(H,18,19). The third-order valence-electron chi connectivity index (χ3n) is 3.05. The SMILES string of the molecule is C=CCNC(=O)C(C)Oc1ccc(CC(N)CC)cc1. The fourth-order valence-electron chi connectivity index (χ4n) is 1.73. The first-order valence-corrected chi connectivity index (χ1v) is 6.96. The molecule has 1 aromatic rings. The molecule has 0 saturated carbocycles. The minimum Gasteiger partial charge on any atom is -0.481 e. The summed E-state index contributed by atoms with van der Waals surface area (Å²) in [5, 5.41) is 2.70. The lowest BCUT2D eigenvalue weighted by atomic mass is 10.0. The van der Waals surface area contributed by atoms with Crippen LogP contribution in [0.4, 0.5) is 0 Å². The highest BCUT2D eigenvalue weighted by Gasteiger charge is 2.13. The Morgan fingerprint density at radius 2 is 2.10 bits per heavy atom. The summed E-state index contributed by atoms with van der Waals surface area (Å²) in [5.41, 5.74) is 7.09. The summed E-state index contributed by atoms with van der Waals surface area (Å²) in [4.78, 5) is 11.7. The predicted molar refractivity (Wildman–Crippen MR) is 81.7 cm³/mol. The number of carbonyl (C=O) groups is 1. The number of nitrogens with one attached hydrogen (secondary N) is 1. The summed E-state index contributed by atoms with van der Waals surface area (Å²) in [5.74, 6) is 0.530. The maximum atomic E-state index is 11.7. The van der Waals surface area contributed by atoms with Crippen LogP contribution >= 0.6 is 0 Å². The lowest BCUT2D eigenvalue weighted by Gasteiger charge is -2.15. The molecule has 0 aliphatic heterocycles. The molecule has 0 heterocycles. The molecule has 3 N–H and O–H groups in total. The van der Waals surface area contributed by atoms with E-state index in [9.17, 15) is 4.79 Å². The second-order valence-corrected chi connectivity index (χ2v) is 4.81. The second-order valence-electron chi connectivity index (χ2n) is 4.81. The van der Waals surface area contributed by atoms with Crippen molar-refractivity contribution in [1.82, 2.24) is 5.32 Å². The highest BCUT2D eigenvalue weighted by atomic mass is 16.5. The van der Waals surface area contributed by atoms with Crippen LogP contribution in [0.15, 0.2) is 36.9 Å². The third-order valence-corrected chi connectivity index (χ3v) is 3.05. The number of nitrogens with two attached hydrogens (primary N) is 1. The van der Waals surface area contributed by atoms with E-state index in [0.29, 0.717) is 12.3 Å². The Morgan fingerprint density at radius 3 is 2.65 bits per heavy atom. The molecule has 1 aromatic carbocycles. The zero-order valence-corrected chi connectivity index (χ0v) is 12.3. The van der Waals surface area contributed by atoms with Gasteiger partial charge in [-0.05, 0) is 37.5 Å². The summed E-state index contributed by atoms with van der Waals surface area (Å²) < 4.78 is 5.58. The Hall–Kier alpha value is -1.81. The monoisotopic (exact) mass is 276 g/mol. The van der Waals surface area contributed by atoms with Gasteiger partial charge in [0.1, 0.15) is 5.75 Å². The Morgan fingerprint density at radius 1 is 1.45 bits per heavy atom. The Bertz CT molecular complexity index is 429. The van der Waals surface area contributed by atoms with E-state index >= 15 is 0 Å². The van der Waals surface area contributed by atoms with E-state index in [1.165, 1.54) is 5.56 Å². The first kappa shape index (κ1) is 16.2. The van der Waals surface area contributed by atoms with Crippen LogP contribution in [0.25, 0.3) is 0 Å². The van der Waals surface area contributed by atoms with Crippen LogP contribution in [0.3, 0.4) is 0 Å². The summed E-state index contributed by atoms with van der Waals surface area (Å²) >= 11 is 0. The molecule has 2 unspecified atom stereocenters. The smallest absolute Gasteiger partial charge is 0.261 e. The molecule has 0 aliphatic rings. The topological polar surface area (TPSA) is 64.3 Å². The summed E-state index contributed by atoms with van der Waals surface area (Å²) in [6, 6.07) is 7.90. The molecule has 20 heavy (non-hydrogen) atoms. The number of hydrogen-bond acceptors (Lipinski definition) is 3. The minimum absolute atomic E-state index is 0.151. The number of ether oxygens (including phenoxy) is 1. The number of rotatable bonds is 8. The van der Waals surface area contributed by atoms with Gasteiger partial charge in [-0.1, -0.05) is 25.1 Å². The van der Waals surface area contributed by atoms with E-state index in [-0.39, 0.29) is 11.9 Å². The first-order chi connectivity index (χ1) is 9.56. The van der Waals surface area contributed by atoms with E-state index < -0.39 is 6.10 Å². The van der Waals surface area contributed by atoms with Gasteiger partial charge in [-0.25, -0.2) is 0 Å². The van der Waals surface area contributed by atoms with Crippen molar-refractivity contribution in [3.8, 4) is 5.75 Å². The average Bonchev–Trinajstić information content (AvgIpc) is 2.46. The summed E-state index contributed by atoms with van der Waals surface area (Å²) in [7, 11) is 0. The van der Waals surface area contributed by atoms with Gasteiger partial charge in [0.15, 0.2) is 6.10 Å². The van der Waals surface area contributed by atoms with Crippen molar-refractivity contribution < 1.29 is 9.53 Å². The van der Waals surface area contributed by atoms with Crippen molar-refractivity contribution >= 4 is 5.91 Å². The number of amides is 1. The first-order valence-electron chi connectivity index (χ1n) is 6.96. The van der Waals surface area contributed by atoms with Crippen LogP contribution in [0.5, 0.6) is 5.75 Å². The Labute approximate surface area is 121 Å². The van der Waals surface area contributed by atoms with Crippen molar-refractivity contribution in [2.45, 2.75) is 38.8 Å². The summed E-state index contributed by atoms with van der Waals surface area (Å²) in [6.45, 7) is 7.79. The van der Waals surface area contributed by atoms with Crippen molar-refractivity contribution in [3.05, 3.63) is 42.5 Å². The quantitative estimate of drug-likeness (QED) is 0.714. The van der Waals surface area contributed by atoms with E-state index in [1.54, 1.807) is 13.0 Å². The molecular formula is C16H24N2O2. The van der Waals surface area contributed by atoms with Gasteiger partial charge in [0, 0.05) is 12.6 Å². The average molecular weight is 276 g/mol. The van der Waals surface area contributed by atoms with Crippen molar-refractivity contribution in [3.63, 3.8) is 0 Å². The van der Waals surface area contributed by atoms with Gasteiger partial charge in [-0.15, -0.1) is 6.58 Å². The molecular weight excluding hydrogens is 252 g/mol. The fourth-order valence-corrected chi connectivity index (χ4v) is 1.73. The number of hydrogen-bond donors (Lipinski definition) is 2. The normalized spacial score (nSPS) is 13.3. The molecule has 0 saturated heterocycles. The van der Waals surface area contributed by atoms with E-state index in [0.717, 1.165) is 12.8 Å². The van der Waals surface area contributed by atoms with Gasteiger partial charge < -0.3 is 15.8 Å². The minimum atomic E-state index is -0.529. The maximum Gasteiger partial charge on any atom is 0.261 e. The van der Waals surface area contributed by atoms with Gasteiger partial charge in [-0.3, -0.25) is 4.79 Å². The molecule has 0 spiro atoms. The highest BCUT2D eigenvalue weighted by Crippen LogP contribution is 2.15. The maximum absolute atomic E-state index is 11.7. The predicted octanol–water partition coefficient (Wildman–Crippen LogP) is 2.04. The van der Waals surface area contributed by atoms with Crippen LogP contribution in [-0.2, 0) is 11.2 Å². The van der Waals surface area contributed by atoms with Crippen molar-refractivity contribution in [1.29, 1.82) is 0 Å². The molecule has 110 valence electrons. The highest BCUT2D eigenvalue weighted by molar-refractivity contribution is 5.80. The fraction of sp³-hybridized carbons (Fsp3) is 0.438. The van der Waals surface area contributed by atoms with Crippen LogP contribution < -0.4 is 15.8 Å². The second kappa shape index (κ2) is 8.38. The number of benzene rings is 1. The molecule has 0 radical (unpaired) electrons. The van der Waals surface area contributed by atoms with Crippen molar-refractivity contribution in [2.24, 2.45) is 5.73 Å². The molecule has 4 nitrogen and oxygen atoms in total. The largest absolute Gasteiger partial charge is 0.481 e.